The first-order valence-corrected chi connectivity index (χ1v) is 10.2. The van der Waals surface area contributed by atoms with E-state index in [-0.39, 0.29) is 11.8 Å². The number of piperazine rings is 1. The standard InChI is InChI=1S/C21H29N3O3/c1-16-6-4-5-9-24(16)20(25)15-22-10-12-23(13-11-22)21(26)19-14-17-7-2-3-8-18(17)27-19/h2-3,7-8,16,19H,4-6,9-15H2,1H3. The van der Waals surface area contributed by atoms with Gasteiger partial charge in [0.1, 0.15) is 5.75 Å². The van der Waals surface area contributed by atoms with Gasteiger partial charge in [-0.1, -0.05) is 18.2 Å². The highest BCUT2D eigenvalue weighted by molar-refractivity contribution is 5.83. The summed E-state index contributed by atoms with van der Waals surface area (Å²) < 4.78 is 5.84. The summed E-state index contributed by atoms with van der Waals surface area (Å²) in [6.45, 7) is 6.33. The number of likely N-dealkylation sites (tertiary alicyclic amines) is 1. The molecule has 3 aliphatic rings. The molecule has 6 heteroatoms. The lowest BCUT2D eigenvalue weighted by atomic mass is 10.0. The lowest BCUT2D eigenvalue weighted by Gasteiger charge is -2.38. The van der Waals surface area contributed by atoms with Gasteiger partial charge in [-0.3, -0.25) is 14.5 Å². The van der Waals surface area contributed by atoms with Crippen LogP contribution in [0.15, 0.2) is 24.3 Å². The topological polar surface area (TPSA) is 53.1 Å². The molecule has 2 fully saturated rings. The number of hydrogen-bond donors (Lipinski definition) is 0. The van der Waals surface area contributed by atoms with Gasteiger partial charge < -0.3 is 14.5 Å². The van der Waals surface area contributed by atoms with Gasteiger partial charge in [-0.2, -0.15) is 0 Å². The molecule has 2 unspecified atom stereocenters. The van der Waals surface area contributed by atoms with Gasteiger partial charge in [-0.25, -0.2) is 0 Å². The van der Waals surface area contributed by atoms with Crippen molar-refractivity contribution < 1.29 is 14.3 Å². The molecule has 0 spiro atoms. The lowest BCUT2D eigenvalue weighted by Crippen LogP contribution is -2.55. The van der Waals surface area contributed by atoms with Gasteiger partial charge >= 0.3 is 0 Å². The highest BCUT2D eigenvalue weighted by Crippen LogP contribution is 2.29. The number of amides is 2. The molecule has 2 saturated heterocycles. The van der Waals surface area contributed by atoms with E-state index >= 15 is 0 Å². The smallest absolute Gasteiger partial charge is 0.264 e. The van der Waals surface area contributed by atoms with Crippen molar-refractivity contribution in [1.82, 2.24) is 14.7 Å². The van der Waals surface area contributed by atoms with Crippen LogP contribution in [0.2, 0.25) is 0 Å². The average Bonchev–Trinajstić information content (AvgIpc) is 3.12. The fourth-order valence-corrected chi connectivity index (χ4v) is 4.40. The zero-order valence-corrected chi connectivity index (χ0v) is 16.1. The molecule has 0 radical (unpaired) electrons. The maximum atomic E-state index is 12.8. The highest BCUT2D eigenvalue weighted by Gasteiger charge is 2.34. The lowest BCUT2D eigenvalue weighted by molar-refractivity contribution is -0.140. The number of nitrogens with zero attached hydrogens (tertiary/aromatic N) is 3. The Morgan fingerprint density at radius 1 is 1.07 bits per heavy atom. The van der Waals surface area contributed by atoms with E-state index in [2.05, 4.69) is 11.8 Å². The average molecular weight is 371 g/mol. The summed E-state index contributed by atoms with van der Waals surface area (Å²) in [5, 5.41) is 0. The summed E-state index contributed by atoms with van der Waals surface area (Å²) in [7, 11) is 0. The van der Waals surface area contributed by atoms with E-state index in [1.807, 2.05) is 34.1 Å². The number of rotatable bonds is 3. The number of hydrogen-bond acceptors (Lipinski definition) is 4. The van der Waals surface area contributed by atoms with Gasteiger partial charge in [0.25, 0.3) is 5.91 Å². The minimum absolute atomic E-state index is 0.0711. The van der Waals surface area contributed by atoms with Crippen LogP contribution >= 0.6 is 0 Å². The Kier molecular flexibility index (Phi) is 5.34. The van der Waals surface area contributed by atoms with E-state index in [1.54, 1.807) is 0 Å². The van der Waals surface area contributed by atoms with Gasteiger partial charge in [0.2, 0.25) is 5.91 Å². The Balaban J connectivity index is 1.25. The van der Waals surface area contributed by atoms with Crippen LogP contribution in [0.3, 0.4) is 0 Å². The second-order valence-electron chi connectivity index (χ2n) is 7.95. The summed E-state index contributed by atoms with van der Waals surface area (Å²) in [5.74, 6) is 1.13. The predicted molar refractivity (Wildman–Crippen MR) is 103 cm³/mol. The van der Waals surface area contributed by atoms with Crippen LogP contribution in [0, 0.1) is 0 Å². The molecule has 27 heavy (non-hydrogen) atoms. The molecule has 3 heterocycles. The van der Waals surface area contributed by atoms with E-state index in [0.29, 0.717) is 32.1 Å². The van der Waals surface area contributed by atoms with Crippen molar-refractivity contribution in [1.29, 1.82) is 0 Å². The number of benzene rings is 1. The van der Waals surface area contributed by atoms with Gasteiger partial charge in [-0.15, -0.1) is 0 Å². The minimum Gasteiger partial charge on any atom is -0.480 e. The second kappa shape index (κ2) is 7.89. The predicted octanol–water partition coefficient (Wildman–Crippen LogP) is 1.54. The van der Waals surface area contributed by atoms with Crippen LogP contribution in [-0.2, 0) is 16.0 Å². The first kappa shape index (κ1) is 18.3. The van der Waals surface area contributed by atoms with Gasteiger partial charge in [0.15, 0.2) is 6.10 Å². The van der Waals surface area contributed by atoms with Crippen LogP contribution in [0.1, 0.15) is 31.7 Å². The summed E-state index contributed by atoms with van der Waals surface area (Å²) in [4.78, 5) is 31.5. The Hall–Kier alpha value is -2.08. The van der Waals surface area contributed by atoms with Crippen LogP contribution in [0.25, 0.3) is 0 Å². The van der Waals surface area contributed by atoms with E-state index in [1.165, 1.54) is 6.42 Å². The molecule has 0 bridgehead atoms. The molecule has 146 valence electrons. The molecular weight excluding hydrogens is 342 g/mol. The fourth-order valence-electron chi connectivity index (χ4n) is 4.40. The van der Waals surface area contributed by atoms with Crippen LogP contribution < -0.4 is 4.74 Å². The number of fused-ring (bicyclic) bond motifs is 1. The molecule has 2 atom stereocenters. The Morgan fingerprint density at radius 3 is 2.59 bits per heavy atom. The summed E-state index contributed by atoms with van der Waals surface area (Å²) in [5.41, 5.74) is 1.11. The number of para-hydroxylation sites is 1. The Labute approximate surface area is 161 Å². The number of carbonyl (C=O) groups excluding carboxylic acids is 2. The third kappa shape index (κ3) is 3.95. The molecular formula is C21H29N3O3. The maximum Gasteiger partial charge on any atom is 0.264 e. The quantitative estimate of drug-likeness (QED) is 0.809. The number of carbonyl (C=O) groups is 2. The monoisotopic (exact) mass is 371 g/mol. The van der Waals surface area contributed by atoms with Crippen molar-refractivity contribution in [3.63, 3.8) is 0 Å². The van der Waals surface area contributed by atoms with Gasteiger partial charge in [0.05, 0.1) is 6.54 Å². The minimum atomic E-state index is -0.398. The Bertz CT molecular complexity index is 675. The molecule has 0 N–H and O–H groups in total. The van der Waals surface area contributed by atoms with Gasteiger partial charge in [-0.05, 0) is 37.8 Å². The van der Waals surface area contributed by atoms with Crippen LogP contribution in [-0.4, -0.2) is 77.9 Å². The second-order valence-corrected chi connectivity index (χ2v) is 7.95. The van der Waals surface area contributed by atoms with Crippen LogP contribution in [0.5, 0.6) is 5.75 Å². The zero-order valence-electron chi connectivity index (χ0n) is 16.1. The highest BCUT2D eigenvalue weighted by atomic mass is 16.5. The molecule has 2 amide bonds. The molecule has 1 aromatic carbocycles. The van der Waals surface area contributed by atoms with E-state index < -0.39 is 6.10 Å². The summed E-state index contributed by atoms with van der Waals surface area (Å²) in [6.07, 6.45) is 3.70. The molecule has 0 saturated carbocycles. The first-order valence-electron chi connectivity index (χ1n) is 10.2. The van der Waals surface area contributed by atoms with Crippen molar-refractivity contribution in [3.05, 3.63) is 29.8 Å². The first-order chi connectivity index (χ1) is 13.1. The molecule has 1 aromatic rings. The van der Waals surface area contributed by atoms with Crippen molar-refractivity contribution >= 4 is 11.8 Å². The zero-order chi connectivity index (χ0) is 18.8. The molecule has 0 aromatic heterocycles. The summed E-state index contributed by atoms with van der Waals surface area (Å²) in [6, 6.07) is 8.22. The van der Waals surface area contributed by atoms with Crippen molar-refractivity contribution in [2.24, 2.45) is 0 Å². The van der Waals surface area contributed by atoms with Gasteiger partial charge in [0, 0.05) is 45.2 Å². The maximum absolute atomic E-state index is 12.8. The van der Waals surface area contributed by atoms with Crippen molar-refractivity contribution in [2.45, 2.75) is 44.8 Å². The fraction of sp³-hybridized carbons (Fsp3) is 0.619. The van der Waals surface area contributed by atoms with E-state index in [4.69, 9.17) is 4.74 Å². The molecule has 0 aliphatic carbocycles. The van der Waals surface area contributed by atoms with Crippen molar-refractivity contribution in [3.8, 4) is 5.75 Å². The number of ether oxygens (including phenoxy) is 1. The number of piperidine rings is 1. The largest absolute Gasteiger partial charge is 0.480 e. The van der Waals surface area contributed by atoms with Crippen molar-refractivity contribution in [2.75, 3.05) is 39.3 Å². The molecule has 4 rings (SSSR count). The third-order valence-corrected chi connectivity index (χ3v) is 6.09. The SMILES string of the molecule is CC1CCCCN1C(=O)CN1CCN(C(=O)C2Cc3ccccc3O2)CC1. The summed E-state index contributed by atoms with van der Waals surface area (Å²) >= 11 is 0. The molecule has 6 nitrogen and oxygen atoms in total. The third-order valence-electron chi connectivity index (χ3n) is 6.09. The van der Waals surface area contributed by atoms with E-state index in [9.17, 15) is 9.59 Å². The molecule has 3 aliphatic heterocycles. The Morgan fingerprint density at radius 2 is 1.85 bits per heavy atom. The normalized spacial score (nSPS) is 25.8. The van der Waals surface area contributed by atoms with E-state index in [0.717, 1.165) is 43.8 Å². The van der Waals surface area contributed by atoms with Crippen LogP contribution in [0.4, 0.5) is 0 Å².